The van der Waals surface area contributed by atoms with Gasteiger partial charge in [0.2, 0.25) is 5.67 Å². The molecule has 1 unspecified atom stereocenters. The molecule has 0 spiro atoms. The van der Waals surface area contributed by atoms with E-state index in [1.807, 2.05) is 5.32 Å². The van der Waals surface area contributed by atoms with E-state index in [0.29, 0.717) is 18.2 Å². The first kappa shape index (κ1) is 15.8. The number of fused-ring (bicyclic) bond motifs is 1. The van der Waals surface area contributed by atoms with E-state index in [1.54, 1.807) is 0 Å². The lowest BCUT2D eigenvalue weighted by molar-refractivity contribution is -0.393. The fourth-order valence-electron chi connectivity index (χ4n) is 2.06. The summed E-state index contributed by atoms with van der Waals surface area (Å²) in [5.41, 5.74) is -6.40. The number of nitrogens with one attached hydrogen (secondary N) is 1. The number of aliphatic hydroxyl groups is 2. The first-order valence-electron chi connectivity index (χ1n) is 5.47. The van der Waals surface area contributed by atoms with Gasteiger partial charge in [0.05, 0.1) is 12.1 Å². The second kappa shape index (κ2) is 4.23. The second-order valence-electron chi connectivity index (χ2n) is 4.58. The van der Waals surface area contributed by atoms with Gasteiger partial charge in [-0.05, 0) is 12.1 Å². The molecule has 1 aromatic rings. The topological polar surface area (TPSA) is 52.5 Å². The molecule has 0 bridgehead atoms. The van der Waals surface area contributed by atoms with Crippen molar-refractivity contribution in [3.05, 3.63) is 29.3 Å². The van der Waals surface area contributed by atoms with Crippen LogP contribution in [0.15, 0.2) is 18.2 Å². The van der Waals surface area contributed by atoms with E-state index in [0.717, 1.165) is 0 Å². The number of hydrogen-bond donors (Lipinski definition) is 3. The van der Waals surface area contributed by atoms with Crippen LogP contribution < -0.4 is 5.32 Å². The van der Waals surface area contributed by atoms with Crippen LogP contribution in [0.5, 0.6) is 0 Å². The maximum absolute atomic E-state index is 14.4. The van der Waals surface area contributed by atoms with Gasteiger partial charge in [0.1, 0.15) is 0 Å². The average Bonchev–Trinajstić information content (AvgIpc) is 2.66. The molecule has 0 aromatic heterocycles. The summed E-state index contributed by atoms with van der Waals surface area (Å²) in [5, 5.41) is 20.1. The summed E-state index contributed by atoms with van der Waals surface area (Å²) < 4.78 is 89.5. The summed E-state index contributed by atoms with van der Waals surface area (Å²) in [7, 11) is 0. The fraction of sp³-hybridized carbons (Fsp3) is 0.455. The minimum atomic E-state index is -5.73. The van der Waals surface area contributed by atoms with Crippen molar-refractivity contribution in [2.75, 3.05) is 11.9 Å². The van der Waals surface area contributed by atoms with Crippen molar-refractivity contribution in [1.82, 2.24) is 0 Å². The van der Waals surface area contributed by atoms with E-state index in [9.17, 15) is 30.7 Å². The van der Waals surface area contributed by atoms with Gasteiger partial charge in [-0.2, -0.15) is 26.3 Å². The third-order valence-corrected chi connectivity index (χ3v) is 3.24. The van der Waals surface area contributed by atoms with Crippen LogP contribution in [0.1, 0.15) is 11.1 Å². The molecule has 1 heterocycles. The molecule has 1 atom stereocenters. The van der Waals surface area contributed by atoms with Crippen LogP contribution in [0.25, 0.3) is 0 Å². The zero-order chi connectivity index (χ0) is 16.3. The van der Waals surface area contributed by atoms with E-state index < -0.39 is 47.2 Å². The third kappa shape index (κ3) is 2.22. The molecule has 0 saturated carbocycles. The maximum Gasteiger partial charge on any atom is 0.446 e. The number of hydrogen-bond acceptors (Lipinski definition) is 3. The summed E-state index contributed by atoms with van der Waals surface area (Å²) in [4.78, 5) is 0. The molecule has 3 nitrogen and oxygen atoms in total. The van der Waals surface area contributed by atoms with E-state index in [-0.39, 0.29) is 0 Å². The van der Waals surface area contributed by atoms with Crippen LogP contribution in [-0.4, -0.2) is 28.7 Å². The Morgan fingerprint density at radius 3 is 2.10 bits per heavy atom. The Hall–Kier alpha value is -1.55. The number of alkyl halides is 7. The number of halogens is 7. The average molecular weight is 319 g/mol. The molecule has 1 aromatic carbocycles. The van der Waals surface area contributed by atoms with E-state index >= 15 is 0 Å². The quantitative estimate of drug-likeness (QED) is 0.551. The van der Waals surface area contributed by atoms with Crippen molar-refractivity contribution in [3.63, 3.8) is 0 Å². The van der Waals surface area contributed by atoms with Crippen molar-refractivity contribution in [3.8, 4) is 0 Å². The molecule has 0 saturated heterocycles. The molecular formula is C11H8F7NO2. The van der Waals surface area contributed by atoms with Crippen LogP contribution in [0, 0.1) is 0 Å². The van der Waals surface area contributed by atoms with Crippen molar-refractivity contribution >= 4 is 5.69 Å². The number of benzene rings is 1. The van der Waals surface area contributed by atoms with Gasteiger partial charge in [0.15, 0.2) is 0 Å². The second-order valence-corrected chi connectivity index (χ2v) is 4.58. The molecule has 0 fully saturated rings. The lowest BCUT2D eigenvalue weighted by Gasteiger charge is -2.35. The largest absolute Gasteiger partial charge is 0.446 e. The lowest BCUT2D eigenvalue weighted by Crippen LogP contribution is -2.60. The molecule has 3 N–H and O–H groups in total. The van der Waals surface area contributed by atoms with Crippen molar-refractivity contribution in [1.29, 1.82) is 0 Å². The number of anilines is 1. The Bertz CT molecular complexity index is 567. The molecule has 0 amide bonds. The van der Waals surface area contributed by atoms with Gasteiger partial charge in [0.25, 0.3) is 0 Å². The van der Waals surface area contributed by atoms with Gasteiger partial charge in [-0.15, -0.1) is 0 Å². The minimum Gasteiger partial charge on any atom is -0.381 e. The Morgan fingerprint density at radius 2 is 1.62 bits per heavy atom. The molecule has 10 heteroatoms. The van der Waals surface area contributed by atoms with Crippen molar-refractivity contribution in [2.24, 2.45) is 0 Å². The van der Waals surface area contributed by atoms with Crippen LogP contribution in [0.3, 0.4) is 0 Å². The molecular weight excluding hydrogens is 311 g/mol. The Balaban J connectivity index is 2.53. The van der Waals surface area contributed by atoms with E-state index in [2.05, 4.69) is 0 Å². The van der Waals surface area contributed by atoms with Gasteiger partial charge < -0.3 is 15.5 Å². The Morgan fingerprint density at radius 1 is 1.05 bits per heavy atom. The third-order valence-electron chi connectivity index (χ3n) is 3.24. The smallest absolute Gasteiger partial charge is 0.381 e. The SMILES string of the molecule is OC(O)(C(F)(F)F)C1(F)CNc2cc(C(F)(F)F)ccc21. The molecule has 118 valence electrons. The summed E-state index contributed by atoms with van der Waals surface area (Å²) in [6.07, 6.45) is -10.5. The Kier molecular flexibility index (Phi) is 3.19. The molecule has 0 aliphatic carbocycles. The van der Waals surface area contributed by atoms with Gasteiger partial charge in [0, 0.05) is 11.3 Å². The zero-order valence-electron chi connectivity index (χ0n) is 9.98. The highest BCUT2D eigenvalue weighted by atomic mass is 19.4. The number of rotatable bonds is 1. The maximum atomic E-state index is 14.4. The van der Waals surface area contributed by atoms with Crippen LogP contribution in [-0.2, 0) is 11.8 Å². The highest BCUT2D eigenvalue weighted by Crippen LogP contribution is 2.51. The zero-order valence-corrected chi connectivity index (χ0v) is 9.98. The van der Waals surface area contributed by atoms with Gasteiger partial charge in [-0.3, -0.25) is 0 Å². The summed E-state index contributed by atoms with van der Waals surface area (Å²) in [5.74, 6) is -4.74. The van der Waals surface area contributed by atoms with Gasteiger partial charge >= 0.3 is 18.1 Å². The van der Waals surface area contributed by atoms with Crippen LogP contribution >= 0.6 is 0 Å². The monoisotopic (exact) mass is 319 g/mol. The first-order chi connectivity index (χ1) is 9.31. The van der Waals surface area contributed by atoms with Crippen molar-refractivity contribution in [2.45, 2.75) is 23.8 Å². The van der Waals surface area contributed by atoms with Gasteiger partial charge in [-0.25, -0.2) is 4.39 Å². The van der Waals surface area contributed by atoms with Crippen LogP contribution in [0.2, 0.25) is 0 Å². The summed E-state index contributed by atoms with van der Waals surface area (Å²) in [6.45, 7) is -1.23. The fourth-order valence-corrected chi connectivity index (χ4v) is 2.06. The molecule has 2 rings (SSSR count). The Labute approximate surface area is 113 Å². The molecule has 1 aliphatic rings. The predicted molar refractivity (Wildman–Crippen MR) is 55.9 cm³/mol. The summed E-state index contributed by atoms with van der Waals surface area (Å²) in [6, 6.07) is 1.22. The molecule has 1 aliphatic heterocycles. The molecule has 0 radical (unpaired) electrons. The molecule has 21 heavy (non-hydrogen) atoms. The standard InChI is InChI=1S/C11H8F7NO2/c12-8(10(20,21)11(16,17)18)4-19-7-3-5(9(13,14)15)1-2-6(7)8/h1-3,19-21H,4H2. The van der Waals surface area contributed by atoms with E-state index in [4.69, 9.17) is 10.2 Å². The van der Waals surface area contributed by atoms with Crippen LogP contribution in [0.4, 0.5) is 36.4 Å². The minimum absolute atomic E-state index is 0.368. The van der Waals surface area contributed by atoms with E-state index in [1.165, 1.54) is 0 Å². The van der Waals surface area contributed by atoms with Crippen molar-refractivity contribution < 1.29 is 40.9 Å². The predicted octanol–water partition coefficient (Wildman–Crippen LogP) is 2.54. The highest BCUT2D eigenvalue weighted by Gasteiger charge is 2.69. The van der Waals surface area contributed by atoms with Gasteiger partial charge in [-0.1, -0.05) is 6.07 Å². The normalized spacial score (nSPS) is 22.9. The highest BCUT2D eigenvalue weighted by molar-refractivity contribution is 5.62. The lowest BCUT2D eigenvalue weighted by atomic mass is 9.88. The summed E-state index contributed by atoms with van der Waals surface area (Å²) >= 11 is 0. The first-order valence-corrected chi connectivity index (χ1v) is 5.47.